The third-order valence-electron chi connectivity index (χ3n) is 4.93. The first-order chi connectivity index (χ1) is 15.0. The minimum absolute atomic E-state index is 0.0991. The van der Waals surface area contributed by atoms with Crippen LogP contribution >= 0.6 is 11.6 Å². The van der Waals surface area contributed by atoms with Gasteiger partial charge in [0.1, 0.15) is 12.1 Å². The normalized spacial score (nSPS) is 11.5. The SMILES string of the molecule is CCOC(=O)Cn1c(C)c(/C=N/NC(=O)c2cc3cc(Cl)ccc3o2)c2ccccc21. The maximum absolute atomic E-state index is 12.4. The van der Waals surface area contributed by atoms with E-state index in [9.17, 15) is 9.59 Å². The molecule has 0 fully saturated rings. The van der Waals surface area contributed by atoms with E-state index in [0.29, 0.717) is 17.2 Å². The first-order valence-corrected chi connectivity index (χ1v) is 10.1. The molecule has 0 unspecified atom stereocenters. The fourth-order valence-electron chi connectivity index (χ4n) is 3.50. The van der Waals surface area contributed by atoms with Gasteiger partial charge in [-0.15, -0.1) is 0 Å². The van der Waals surface area contributed by atoms with Crippen molar-refractivity contribution in [1.29, 1.82) is 0 Å². The molecule has 2 aromatic carbocycles. The molecule has 158 valence electrons. The number of carbonyl (C=O) groups excluding carboxylic acids is 2. The van der Waals surface area contributed by atoms with E-state index in [1.807, 2.05) is 35.8 Å². The van der Waals surface area contributed by atoms with Crippen molar-refractivity contribution in [2.45, 2.75) is 20.4 Å². The second-order valence-electron chi connectivity index (χ2n) is 6.90. The Balaban J connectivity index is 1.58. The first-order valence-electron chi connectivity index (χ1n) is 9.74. The smallest absolute Gasteiger partial charge is 0.325 e. The summed E-state index contributed by atoms with van der Waals surface area (Å²) in [6.45, 7) is 4.09. The summed E-state index contributed by atoms with van der Waals surface area (Å²) >= 11 is 5.98. The fraction of sp³-hybridized carbons (Fsp3) is 0.174. The first kappa shape index (κ1) is 20.7. The third kappa shape index (κ3) is 4.18. The summed E-state index contributed by atoms with van der Waals surface area (Å²) in [6.07, 6.45) is 1.57. The Kier molecular flexibility index (Phi) is 5.77. The van der Waals surface area contributed by atoms with Crippen molar-refractivity contribution in [3.8, 4) is 0 Å². The Labute approximate surface area is 183 Å². The Morgan fingerprint density at radius 3 is 2.84 bits per heavy atom. The van der Waals surface area contributed by atoms with E-state index in [0.717, 1.165) is 27.5 Å². The quantitative estimate of drug-likeness (QED) is 0.269. The van der Waals surface area contributed by atoms with E-state index in [4.69, 9.17) is 20.8 Å². The van der Waals surface area contributed by atoms with Crippen molar-refractivity contribution >= 4 is 51.6 Å². The second kappa shape index (κ2) is 8.65. The van der Waals surface area contributed by atoms with Crippen LogP contribution in [0.3, 0.4) is 0 Å². The molecule has 2 heterocycles. The summed E-state index contributed by atoms with van der Waals surface area (Å²) in [7, 11) is 0. The Hall–Kier alpha value is -3.58. The van der Waals surface area contributed by atoms with Crippen LogP contribution < -0.4 is 5.43 Å². The van der Waals surface area contributed by atoms with Gasteiger partial charge in [0.15, 0.2) is 5.76 Å². The van der Waals surface area contributed by atoms with Crippen LogP contribution in [0.4, 0.5) is 0 Å². The Morgan fingerprint density at radius 1 is 1.23 bits per heavy atom. The number of carbonyl (C=O) groups is 2. The lowest BCUT2D eigenvalue weighted by Crippen LogP contribution is -2.17. The van der Waals surface area contributed by atoms with Crippen LogP contribution in [0.25, 0.3) is 21.9 Å². The number of nitrogens with one attached hydrogen (secondary N) is 1. The molecule has 0 aliphatic carbocycles. The van der Waals surface area contributed by atoms with Crippen LogP contribution in [-0.2, 0) is 16.1 Å². The van der Waals surface area contributed by atoms with Crippen LogP contribution in [0, 0.1) is 6.92 Å². The van der Waals surface area contributed by atoms with Gasteiger partial charge in [-0.25, -0.2) is 5.43 Å². The van der Waals surface area contributed by atoms with Crippen LogP contribution in [0.1, 0.15) is 28.7 Å². The van der Waals surface area contributed by atoms with Crippen molar-refractivity contribution in [3.63, 3.8) is 0 Å². The van der Waals surface area contributed by atoms with Crippen LogP contribution in [-0.4, -0.2) is 29.3 Å². The number of fused-ring (bicyclic) bond motifs is 2. The van der Waals surface area contributed by atoms with E-state index in [2.05, 4.69) is 10.5 Å². The Bertz CT molecular complexity index is 1320. The molecule has 0 atom stereocenters. The van der Waals surface area contributed by atoms with E-state index >= 15 is 0 Å². The third-order valence-corrected chi connectivity index (χ3v) is 5.17. The average Bonchev–Trinajstić information content (AvgIpc) is 3.28. The van der Waals surface area contributed by atoms with Crippen molar-refractivity contribution in [1.82, 2.24) is 9.99 Å². The lowest BCUT2D eigenvalue weighted by atomic mass is 10.1. The highest BCUT2D eigenvalue weighted by Gasteiger charge is 2.16. The number of ether oxygens (including phenoxy) is 1. The Morgan fingerprint density at radius 2 is 2.03 bits per heavy atom. The van der Waals surface area contributed by atoms with Gasteiger partial charge in [-0.1, -0.05) is 29.8 Å². The maximum Gasteiger partial charge on any atom is 0.325 e. The molecule has 0 saturated carbocycles. The summed E-state index contributed by atoms with van der Waals surface area (Å²) in [6, 6.07) is 14.4. The number of hydrogen-bond donors (Lipinski definition) is 1. The predicted molar refractivity (Wildman–Crippen MR) is 120 cm³/mol. The molecule has 1 N–H and O–H groups in total. The fourth-order valence-corrected chi connectivity index (χ4v) is 3.68. The standard InChI is InChI=1S/C23H20ClN3O4/c1-3-30-22(28)13-27-14(2)18(17-6-4-5-7-19(17)27)12-25-26-23(29)21-11-15-10-16(24)8-9-20(15)31-21/h4-12H,3,13H2,1-2H3,(H,26,29)/b25-12+. The molecule has 0 aliphatic rings. The number of esters is 1. The molecule has 0 aliphatic heterocycles. The minimum atomic E-state index is -0.475. The summed E-state index contributed by atoms with van der Waals surface area (Å²) in [5, 5.41) is 6.32. The minimum Gasteiger partial charge on any atom is -0.465 e. The lowest BCUT2D eigenvalue weighted by molar-refractivity contribution is -0.143. The molecule has 0 spiro atoms. The van der Waals surface area contributed by atoms with E-state index in [1.165, 1.54) is 0 Å². The highest BCUT2D eigenvalue weighted by atomic mass is 35.5. The molecule has 31 heavy (non-hydrogen) atoms. The van der Waals surface area contributed by atoms with Gasteiger partial charge in [0.2, 0.25) is 0 Å². The van der Waals surface area contributed by atoms with Gasteiger partial charge < -0.3 is 13.7 Å². The molecule has 2 aromatic heterocycles. The highest BCUT2D eigenvalue weighted by molar-refractivity contribution is 6.31. The summed E-state index contributed by atoms with van der Waals surface area (Å²) in [4.78, 5) is 24.5. The molecular formula is C23H20ClN3O4. The van der Waals surface area contributed by atoms with E-state index in [-0.39, 0.29) is 18.3 Å². The summed E-state index contributed by atoms with van der Waals surface area (Å²) in [5.41, 5.74) is 5.58. The van der Waals surface area contributed by atoms with Gasteiger partial charge in [-0.2, -0.15) is 5.10 Å². The van der Waals surface area contributed by atoms with Gasteiger partial charge in [0.25, 0.3) is 0 Å². The van der Waals surface area contributed by atoms with Gasteiger partial charge in [-0.3, -0.25) is 9.59 Å². The number of hydrogen-bond acceptors (Lipinski definition) is 5. The number of rotatable bonds is 6. The van der Waals surface area contributed by atoms with Gasteiger partial charge in [-0.05, 0) is 44.2 Å². The maximum atomic E-state index is 12.4. The molecule has 4 aromatic rings. The highest BCUT2D eigenvalue weighted by Crippen LogP contribution is 2.25. The number of amides is 1. The number of hydrazone groups is 1. The van der Waals surface area contributed by atoms with Gasteiger partial charge >= 0.3 is 11.9 Å². The van der Waals surface area contributed by atoms with Crippen molar-refractivity contribution < 1.29 is 18.7 Å². The van der Waals surface area contributed by atoms with Crippen LogP contribution in [0.5, 0.6) is 0 Å². The predicted octanol–water partition coefficient (Wildman–Crippen LogP) is 4.68. The zero-order chi connectivity index (χ0) is 22.0. The number of aromatic nitrogens is 1. The average molecular weight is 438 g/mol. The second-order valence-corrected chi connectivity index (χ2v) is 7.34. The van der Waals surface area contributed by atoms with Crippen molar-refractivity contribution in [3.05, 3.63) is 70.6 Å². The molecule has 1 amide bonds. The number of furan rings is 1. The number of nitrogens with zero attached hydrogens (tertiary/aromatic N) is 2. The number of halogens is 1. The zero-order valence-corrected chi connectivity index (χ0v) is 17.8. The van der Waals surface area contributed by atoms with E-state index in [1.54, 1.807) is 37.4 Å². The topological polar surface area (TPSA) is 85.8 Å². The molecule has 7 nitrogen and oxygen atoms in total. The molecule has 0 saturated heterocycles. The molecular weight excluding hydrogens is 418 g/mol. The van der Waals surface area contributed by atoms with Gasteiger partial charge in [0, 0.05) is 32.6 Å². The number of benzene rings is 2. The molecule has 0 bridgehead atoms. The lowest BCUT2D eigenvalue weighted by Gasteiger charge is -2.07. The molecule has 8 heteroatoms. The zero-order valence-electron chi connectivity index (χ0n) is 17.0. The monoisotopic (exact) mass is 437 g/mol. The van der Waals surface area contributed by atoms with Crippen LogP contribution in [0.2, 0.25) is 5.02 Å². The molecule has 0 radical (unpaired) electrons. The van der Waals surface area contributed by atoms with Crippen LogP contribution in [0.15, 0.2) is 58.0 Å². The molecule has 4 rings (SSSR count). The number of para-hydroxylation sites is 1. The van der Waals surface area contributed by atoms with Crippen molar-refractivity contribution in [2.24, 2.45) is 5.10 Å². The largest absolute Gasteiger partial charge is 0.465 e. The van der Waals surface area contributed by atoms with E-state index < -0.39 is 5.91 Å². The summed E-state index contributed by atoms with van der Waals surface area (Å²) in [5.74, 6) is -0.652. The van der Waals surface area contributed by atoms with Crippen molar-refractivity contribution in [2.75, 3.05) is 6.61 Å². The van der Waals surface area contributed by atoms with Gasteiger partial charge in [0.05, 0.1) is 12.8 Å². The summed E-state index contributed by atoms with van der Waals surface area (Å²) < 4.78 is 12.5.